The second-order valence-electron chi connectivity index (χ2n) is 14.9. The summed E-state index contributed by atoms with van der Waals surface area (Å²) in [6.45, 7) is 4.81. The van der Waals surface area contributed by atoms with Crippen molar-refractivity contribution in [2.75, 3.05) is 4.90 Å². The molecule has 8 aromatic carbocycles. The summed E-state index contributed by atoms with van der Waals surface area (Å²) in [5.74, 6) is 0. The van der Waals surface area contributed by atoms with Gasteiger partial charge in [0.2, 0.25) is 0 Å². The Balaban J connectivity index is 1.38. The highest BCUT2D eigenvalue weighted by Gasteiger charge is 2.50. The number of hydrogen-bond acceptors (Lipinski definition) is 1. The predicted molar refractivity (Wildman–Crippen MR) is 221 cm³/mol. The van der Waals surface area contributed by atoms with Gasteiger partial charge in [-0.1, -0.05) is 178 Å². The largest absolute Gasteiger partial charge is 0.310 e. The summed E-state index contributed by atoms with van der Waals surface area (Å²) in [4.78, 5) is 2.39. The number of anilines is 3. The van der Waals surface area contributed by atoms with Gasteiger partial charge in [0.05, 0.1) is 5.41 Å². The van der Waals surface area contributed by atoms with Gasteiger partial charge >= 0.3 is 0 Å². The standard InChI is InChI=1S/C52H39N/c1-51(2)44-31-19-18-30-42(44)49-46(51)35-47-50(48(49)36-20-8-3-9-21-36)43-33-32-41(53(39-26-14-6-15-27-39)40-28-16-7-17-29-40)34-45(43)52(47,37-22-10-4-11-23-37)38-24-12-5-13-25-38/h3-35H,1-2H3. The first-order chi connectivity index (χ1) is 26.1. The van der Waals surface area contributed by atoms with Gasteiger partial charge in [-0.25, -0.2) is 0 Å². The van der Waals surface area contributed by atoms with E-state index in [0.29, 0.717) is 0 Å². The maximum Gasteiger partial charge on any atom is 0.0714 e. The lowest BCUT2D eigenvalue weighted by Crippen LogP contribution is -2.29. The zero-order valence-corrected chi connectivity index (χ0v) is 30.0. The fraction of sp³-hybridized carbons (Fsp3) is 0.0769. The molecular formula is C52H39N. The molecule has 0 saturated heterocycles. The fourth-order valence-corrected chi connectivity index (χ4v) is 9.43. The van der Waals surface area contributed by atoms with Crippen molar-refractivity contribution in [3.63, 3.8) is 0 Å². The van der Waals surface area contributed by atoms with Crippen molar-refractivity contribution in [1.82, 2.24) is 0 Å². The highest BCUT2D eigenvalue weighted by molar-refractivity contribution is 6.05. The molecule has 2 aliphatic carbocycles. The monoisotopic (exact) mass is 677 g/mol. The summed E-state index contributed by atoms with van der Waals surface area (Å²) in [6.07, 6.45) is 0. The van der Waals surface area contributed by atoms with Crippen LogP contribution in [0.15, 0.2) is 200 Å². The van der Waals surface area contributed by atoms with Gasteiger partial charge in [0.1, 0.15) is 0 Å². The second kappa shape index (κ2) is 12.1. The van der Waals surface area contributed by atoms with Gasteiger partial charge in [-0.15, -0.1) is 0 Å². The third-order valence-corrected chi connectivity index (χ3v) is 11.7. The minimum Gasteiger partial charge on any atom is -0.310 e. The van der Waals surface area contributed by atoms with Crippen molar-refractivity contribution in [3.05, 3.63) is 234 Å². The molecule has 0 saturated carbocycles. The topological polar surface area (TPSA) is 3.24 Å². The summed E-state index contributed by atoms with van der Waals surface area (Å²) in [7, 11) is 0. The van der Waals surface area contributed by atoms with Gasteiger partial charge in [0.25, 0.3) is 0 Å². The Bertz CT molecular complexity index is 2530. The average molecular weight is 678 g/mol. The van der Waals surface area contributed by atoms with Crippen molar-refractivity contribution in [1.29, 1.82) is 0 Å². The molecule has 0 unspecified atom stereocenters. The normalized spacial score (nSPS) is 14.2. The van der Waals surface area contributed by atoms with E-state index in [1.807, 2.05) is 0 Å². The smallest absolute Gasteiger partial charge is 0.0714 e. The SMILES string of the molecule is CC1(C)c2ccccc2-c2c1cc1c(c2-c2ccccc2)-c2ccc(N(c3ccccc3)c3ccccc3)cc2C1(c1ccccc1)c1ccccc1. The summed E-state index contributed by atoms with van der Waals surface area (Å²) >= 11 is 0. The van der Waals surface area contributed by atoms with Crippen LogP contribution in [0, 0.1) is 0 Å². The summed E-state index contributed by atoms with van der Waals surface area (Å²) in [5, 5.41) is 0. The lowest BCUT2D eigenvalue weighted by Gasteiger charge is -2.36. The molecule has 1 heteroatoms. The molecule has 0 aromatic heterocycles. The second-order valence-corrected chi connectivity index (χ2v) is 14.9. The molecule has 0 heterocycles. The molecule has 0 fully saturated rings. The lowest BCUT2D eigenvalue weighted by atomic mass is 9.66. The minimum absolute atomic E-state index is 0.180. The molecular weight excluding hydrogens is 639 g/mol. The van der Waals surface area contributed by atoms with E-state index in [9.17, 15) is 0 Å². The Morgan fingerprint density at radius 2 is 0.811 bits per heavy atom. The zero-order chi connectivity index (χ0) is 35.6. The van der Waals surface area contributed by atoms with E-state index in [-0.39, 0.29) is 5.41 Å². The first-order valence-corrected chi connectivity index (χ1v) is 18.6. The third-order valence-electron chi connectivity index (χ3n) is 11.7. The summed E-state index contributed by atoms with van der Waals surface area (Å²) in [6, 6.07) is 73.9. The maximum atomic E-state index is 2.59. The number of hydrogen-bond donors (Lipinski definition) is 0. The van der Waals surface area contributed by atoms with Crippen LogP contribution in [0.25, 0.3) is 33.4 Å². The molecule has 0 bridgehead atoms. The lowest BCUT2D eigenvalue weighted by molar-refractivity contribution is 0.656. The Morgan fingerprint density at radius 3 is 1.40 bits per heavy atom. The quantitative estimate of drug-likeness (QED) is 0.169. The third kappa shape index (κ3) is 4.57. The first-order valence-electron chi connectivity index (χ1n) is 18.6. The molecule has 0 N–H and O–H groups in total. The number of para-hydroxylation sites is 2. The zero-order valence-electron chi connectivity index (χ0n) is 30.0. The van der Waals surface area contributed by atoms with Crippen LogP contribution in [0.4, 0.5) is 17.1 Å². The number of nitrogens with zero attached hydrogens (tertiary/aromatic N) is 1. The van der Waals surface area contributed by atoms with Crippen LogP contribution >= 0.6 is 0 Å². The number of rotatable bonds is 6. The molecule has 0 atom stereocenters. The minimum atomic E-state index is -0.578. The maximum absolute atomic E-state index is 2.59. The van der Waals surface area contributed by atoms with Gasteiger partial charge < -0.3 is 4.90 Å². The molecule has 8 aromatic rings. The van der Waals surface area contributed by atoms with Gasteiger partial charge in [0, 0.05) is 22.5 Å². The summed E-state index contributed by atoms with van der Waals surface area (Å²) < 4.78 is 0. The van der Waals surface area contributed by atoms with Crippen LogP contribution in [-0.2, 0) is 10.8 Å². The van der Waals surface area contributed by atoms with E-state index in [1.165, 1.54) is 66.8 Å². The van der Waals surface area contributed by atoms with Crippen LogP contribution in [0.5, 0.6) is 0 Å². The molecule has 0 radical (unpaired) electrons. The van der Waals surface area contributed by atoms with E-state index in [1.54, 1.807) is 0 Å². The average Bonchev–Trinajstić information content (AvgIpc) is 3.64. The Labute approximate surface area is 312 Å². The Hall–Kier alpha value is -6.44. The predicted octanol–water partition coefficient (Wildman–Crippen LogP) is 13.5. The molecule has 0 spiro atoms. The number of fused-ring (bicyclic) bond motifs is 6. The van der Waals surface area contributed by atoms with Crippen LogP contribution in [0.1, 0.15) is 47.2 Å². The molecule has 0 aliphatic heterocycles. The van der Waals surface area contributed by atoms with Crippen molar-refractivity contribution in [2.45, 2.75) is 24.7 Å². The Kier molecular flexibility index (Phi) is 7.13. The molecule has 2 aliphatic rings. The van der Waals surface area contributed by atoms with Gasteiger partial charge in [-0.3, -0.25) is 0 Å². The first kappa shape index (κ1) is 31.3. The number of benzene rings is 8. The van der Waals surface area contributed by atoms with Crippen molar-refractivity contribution in [2.24, 2.45) is 0 Å². The van der Waals surface area contributed by atoms with E-state index in [0.717, 1.165) is 17.1 Å². The molecule has 10 rings (SSSR count). The molecule has 252 valence electrons. The van der Waals surface area contributed by atoms with E-state index < -0.39 is 5.41 Å². The van der Waals surface area contributed by atoms with Gasteiger partial charge in [0.15, 0.2) is 0 Å². The van der Waals surface area contributed by atoms with E-state index in [2.05, 4.69) is 219 Å². The van der Waals surface area contributed by atoms with Crippen molar-refractivity contribution < 1.29 is 0 Å². The highest BCUT2D eigenvalue weighted by Crippen LogP contribution is 2.64. The van der Waals surface area contributed by atoms with E-state index in [4.69, 9.17) is 0 Å². The fourth-order valence-electron chi connectivity index (χ4n) is 9.43. The highest BCUT2D eigenvalue weighted by atomic mass is 15.1. The van der Waals surface area contributed by atoms with Crippen molar-refractivity contribution in [3.8, 4) is 33.4 Å². The van der Waals surface area contributed by atoms with Gasteiger partial charge in [-0.2, -0.15) is 0 Å². The van der Waals surface area contributed by atoms with E-state index >= 15 is 0 Å². The molecule has 53 heavy (non-hydrogen) atoms. The van der Waals surface area contributed by atoms with Crippen LogP contribution in [0.3, 0.4) is 0 Å². The van der Waals surface area contributed by atoms with Crippen molar-refractivity contribution >= 4 is 17.1 Å². The molecule has 1 nitrogen and oxygen atoms in total. The Morgan fingerprint density at radius 1 is 0.340 bits per heavy atom. The van der Waals surface area contributed by atoms with Crippen LogP contribution in [-0.4, -0.2) is 0 Å². The van der Waals surface area contributed by atoms with Gasteiger partial charge in [-0.05, 0) is 103 Å². The summed E-state index contributed by atoms with van der Waals surface area (Å²) in [5.41, 5.74) is 18.4. The van der Waals surface area contributed by atoms with Crippen LogP contribution in [0.2, 0.25) is 0 Å². The molecule has 0 amide bonds. The van der Waals surface area contributed by atoms with Crippen LogP contribution < -0.4 is 4.90 Å².